The number of rotatable bonds is 10. The van der Waals surface area contributed by atoms with Gasteiger partial charge in [-0.05, 0) is 0 Å². The van der Waals surface area contributed by atoms with Crippen LogP contribution >= 0.6 is 15.6 Å². The fourth-order valence-electron chi connectivity index (χ4n) is 4.42. The Morgan fingerprint density at radius 1 is 0.907 bits per heavy atom. The number of hydrogen-bond donors (Lipinski definition) is 8. The summed E-state index contributed by atoms with van der Waals surface area (Å²) in [5.41, 5.74) is 4.34. The minimum absolute atomic E-state index is 0.0327. The Labute approximate surface area is 238 Å². The highest BCUT2D eigenvalue weighted by molar-refractivity contribution is 7.61. The van der Waals surface area contributed by atoms with Crippen LogP contribution in [0.5, 0.6) is 0 Å². The third-order valence-corrected chi connectivity index (χ3v) is 9.04. The Bertz CT molecular complexity index is 1690. The molecule has 0 saturated carbocycles. The van der Waals surface area contributed by atoms with Gasteiger partial charge < -0.3 is 45.4 Å². The highest BCUT2D eigenvalue weighted by Crippen LogP contribution is 2.61. The van der Waals surface area contributed by atoms with Gasteiger partial charge in [-0.15, -0.1) is 0 Å². The predicted molar refractivity (Wildman–Crippen MR) is 136 cm³/mol. The Kier molecular flexibility index (Phi) is 8.68. The van der Waals surface area contributed by atoms with Crippen molar-refractivity contribution in [1.82, 2.24) is 29.1 Å². The molecule has 2 fully saturated rings. The number of phosphoric acid groups is 2. The van der Waals surface area contributed by atoms with Gasteiger partial charge >= 0.3 is 21.3 Å². The van der Waals surface area contributed by atoms with Crippen molar-refractivity contribution in [2.45, 2.75) is 49.1 Å². The molecular weight excluding hydrogens is 628 g/mol. The Balaban J connectivity index is 1.28. The predicted octanol–water partition coefficient (Wildman–Crippen LogP) is -3.55. The number of aliphatic hydroxyl groups is 4. The highest BCUT2D eigenvalue weighted by atomic mass is 31.3. The zero-order valence-electron chi connectivity index (χ0n) is 21.4. The molecule has 2 unspecified atom stereocenters. The molecule has 0 radical (unpaired) electrons. The average Bonchev–Trinajstić information content (AvgIpc) is 3.56. The van der Waals surface area contributed by atoms with Crippen LogP contribution in [0.25, 0.3) is 11.2 Å². The summed E-state index contributed by atoms with van der Waals surface area (Å²) in [5.74, 6) is 0.0327. The third-order valence-electron chi connectivity index (χ3n) is 6.46. The van der Waals surface area contributed by atoms with E-state index in [0.29, 0.717) is 0 Å². The fraction of sp³-hybridized carbons (Fsp3) is 0.526. The van der Waals surface area contributed by atoms with Gasteiger partial charge in [0.15, 0.2) is 23.9 Å². The SMILES string of the molecule is Nc1ncnc2c1ncn2[C@@H]1O[C@H](COP(=O)(OCC2O[C@@H](n3ccc(=O)[nH]c3=O)[C@H](O)[C@@H]2O)OP(=O)(O)O)[C@@H](O)[C@H]1O. The van der Waals surface area contributed by atoms with Gasteiger partial charge in [-0.3, -0.25) is 28.0 Å². The summed E-state index contributed by atoms with van der Waals surface area (Å²) in [7, 11) is -10.8. The first-order valence-electron chi connectivity index (χ1n) is 12.1. The lowest BCUT2D eigenvalue weighted by Gasteiger charge is -2.23. The minimum atomic E-state index is -5.56. The summed E-state index contributed by atoms with van der Waals surface area (Å²) in [5, 5.41) is 41.8. The van der Waals surface area contributed by atoms with Crippen molar-refractivity contribution >= 4 is 32.6 Å². The number of nitrogens with two attached hydrogens (primary N) is 1. The number of phosphoric ester groups is 1. The molecule has 0 bridgehead atoms. The van der Waals surface area contributed by atoms with Crippen LogP contribution < -0.4 is 17.0 Å². The van der Waals surface area contributed by atoms with Crippen LogP contribution in [0.2, 0.25) is 0 Å². The lowest BCUT2D eigenvalue weighted by molar-refractivity contribution is -0.0625. The maximum Gasteiger partial charge on any atom is 0.483 e. The van der Waals surface area contributed by atoms with Crippen molar-refractivity contribution in [1.29, 1.82) is 0 Å². The van der Waals surface area contributed by atoms with E-state index in [1.807, 2.05) is 4.98 Å². The molecule has 5 rings (SSSR count). The molecule has 2 aliphatic heterocycles. The van der Waals surface area contributed by atoms with Crippen LogP contribution in [0.4, 0.5) is 5.82 Å². The van der Waals surface area contributed by atoms with Gasteiger partial charge in [-0.25, -0.2) is 28.9 Å². The molecule has 43 heavy (non-hydrogen) atoms. The first kappa shape index (κ1) is 31.5. The van der Waals surface area contributed by atoms with Gasteiger partial charge in [0.05, 0.1) is 19.5 Å². The van der Waals surface area contributed by atoms with E-state index >= 15 is 0 Å². The van der Waals surface area contributed by atoms with E-state index in [-0.39, 0.29) is 17.0 Å². The maximum atomic E-state index is 13.2. The molecule has 5 heterocycles. The fourth-order valence-corrected chi connectivity index (χ4v) is 6.57. The molecule has 9 atom stereocenters. The van der Waals surface area contributed by atoms with E-state index in [1.165, 1.54) is 10.9 Å². The second-order valence-corrected chi connectivity index (χ2v) is 12.3. The Morgan fingerprint density at radius 3 is 2.05 bits per heavy atom. The molecule has 3 aromatic rings. The number of nitrogen functional groups attached to an aromatic ring is 1. The van der Waals surface area contributed by atoms with Crippen molar-refractivity contribution in [3.8, 4) is 0 Å². The van der Waals surface area contributed by atoms with Gasteiger partial charge in [0.25, 0.3) is 5.56 Å². The minimum Gasteiger partial charge on any atom is -0.387 e. The lowest BCUT2D eigenvalue weighted by Crippen LogP contribution is -2.37. The van der Waals surface area contributed by atoms with Gasteiger partial charge in [-0.2, -0.15) is 4.31 Å². The highest BCUT2D eigenvalue weighted by Gasteiger charge is 2.48. The Morgan fingerprint density at radius 2 is 1.49 bits per heavy atom. The topological polar surface area (TPSA) is 326 Å². The summed E-state index contributed by atoms with van der Waals surface area (Å²) in [6.45, 7) is -1.88. The summed E-state index contributed by atoms with van der Waals surface area (Å²) in [6, 6.07) is 0.947. The van der Waals surface area contributed by atoms with Crippen molar-refractivity contribution in [2.24, 2.45) is 0 Å². The molecule has 236 valence electrons. The molecular formula is C19H25N7O15P2. The van der Waals surface area contributed by atoms with Gasteiger partial charge in [0.1, 0.15) is 48.5 Å². The van der Waals surface area contributed by atoms with Crippen LogP contribution in [0.3, 0.4) is 0 Å². The van der Waals surface area contributed by atoms with E-state index in [9.17, 15) is 48.9 Å². The normalized spacial score (nSPS) is 31.0. The lowest BCUT2D eigenvalue weighted by atomic mass is 10.1. The monoisotopic (exact) mass is 653 g/mol. The Hall–Kier alpha value is -2.95. The molecule has 2 saturated heterocycles. The maximum absolute atomic E-state index is 13.2. The van der Waals surface area contributed by atoms with Crippen LogP contribution in [0, 0.1) is 0 Å². The number of anilines is 1. The third kappa shape index (κ3) is 6.47. The molecule has 2 aliphatic rings. The van der Waals surface area contributed by atoms with E-state index < -0.39 is 89.2 Å². The number of aromatic nitrogens is 6. The number of nitrogens with one attached hydrogen (secondary N) is 1. The number of fused-ring (bicyclic) bond motifs is 1. The number of H-pyrrole nitrogens is 1. The number of aromatic amines is 1. The summed E-state index contributed by atoms with van der Waals surface area (Å²) in [6.07, 6.45) is -9.43. The second-order valence-electron chi connectivity index (χ2n) is 9.30. The van der Waals surface area contributed by atoms with E-state index in [2.05, 4.69) is 19.3 Å². The number of nitrogens with zero attached hydrogens (tertiary/aromatic N) is 5. The second kappa shape index (κ2) is 11.9. The molecule has 24 heteroatoms. The van der Waals surface area contributed by atoms with Crippen LogP contribution in [-0.2, 0) is 32.0 Å². The number of hydrogen-bond acceptors (Lipinski definition) is 17. The largest absolute Gasteiger partial charge is 0.483 e. The summed E-state index contributed by atoms with van der Waals surface area (Å²) >= 11 is 0. The molecule has 0 spiro atoms. The van der Waals surface area contributed by atoms with Gasteiger partial charge in [-0.1, -0.05) is 0 Å². The van der Waals surface area contributed by atoms with E-state index in [1.54, 1.807) is 0 Å². The molecule has 0 amide bonds. The number of imidazole rings is 1. The molecule has 0 aromatic carbocycles. The molecule has 22 nitrogen and oxygen atoms in total. The molecule has 3 aromatic heterocycles. The standard InChI is InChI=1S/C19H25N7O15P2/c20-15-10-16(22-5-21-15)26(6-23-10)18-14(31)12(29)8(40-18)4-38-43(36,41-42(33,34)35)37-3-7-11(28)13(30)17(39-7)25-2-1-9(27)24-19(25)32/h1-2,5-8,11-14,17-18,28-31H,3-4H2,(H2,20,21,22)(H,24,27,32)(H2,33,34,35)/t7?,8-,11-,12-,13-,14-,17-,18-,43?/m1/s1. The van der Waals surface area contributed by atoms with Crippen molar-refractivity contribution in [3.05, 3.63) is 45.8 Å². The van der Waals surface area contributed by atoms with Crippen LogP contribution in [-0.4, -0.2) is 109 Å². The zero-order valence-corrected chi connectivity index (χ0v) is 23.2. The van der Waals surface area contributed by atoms with Crippen molar-refractivity contribution in [2.75, 3.05) is 18.9 Å². The average molecular weight is 653 g/mol. The van der Waals surface area contributed by atoms with Crippen LogP contribution in [0.15, 0.2) is 34.5 Å². The smallest absolute Gasteiger partial charge is 0.387 e. The van der Waals surface area contributed by atoms with Crippen molar-refractivity contribution < 1.29 is 62.2 Å². The van der Waals surface area contributed by atoms with Crippen molar-refractivity contribution in [3.63, 3.8) is 0 Å². The quantitative estimate of drug-likeness (QED) is 0.0981. The molecule has 9 N–H and O–H groups in total. The number of ether oxygens (including phenoxy) is 2. The zero-order chi connectivity index (χ0) is 31.3. The first-order valence-corrected chi connectivity index (χ1v) is 15.1. The summed E-state index contributed by atoms with van der Waals surface area (Å²) < 4.78 is 51.9. The van der Waals surface area contributed by atoms with Gasteiger partial charge in [0, 0.05) is 12.3 Å². The molecule has 0 aliphatic carbocycles. The van der Waals surface area contributed by atoms with E-state index in [4.69, 9.17) is 24.3 Å². The van der Waals surface area contributed by atoms with Gasteiger partial charge in [0.2, 0.25) is 0 Å². The van der Waals surface area contributed by atoms with Crippen LogP contribution in [0.1, 0.15) is 12.5 Å². The van der Waals surface area contributed by atoms with E-state index in [0.717, 1.165) is 23.2 Å². The first-order chi connectivity index (χ1) is 20.2. The number of aliphatic hydroxyl groups excluding tert-OH is 4. The summed E-state index contributed by atoms with van der Waals surface area (Å²) in [4.78, 5) is 55.7.